The van der Waals surface area contributed by atoms with Crippen LogP contribution in [-0.4, -0.2) is 34.0 Å². The van der Waals surface area contributed by atoms with Crippen LogP contribution in [0.1, 0.15) is 77.6 Å². The average Bonchev–Trinajstić information content (AvgIpc) is 2.71. The van der Waals surface area contributed by atoms with Crippen LogP contribution in [0.5, 0.6) is 0 Å². The molecule has 1 N–H and O–H groups in total. The number of carbonyl (C=O) groups is 2. The number of aliphatic carboxylic acids is 1. The molecule has 120 valence electrons. The molecule has 1 heterocycles. The van der Waals surface area contributed by atoms with E-state index in [9.17, 15) is 14.7 Å². The molecular formula is C17H29NO3. The second-order valence-corrected chi connectivity index (χ2v) is 6.80. The van der Waals surface area contributed by atoms with Gasteiger partial charge in [-0.15, -0.1) is 0 Å². The van der Waals surface area contributed by atoms with Crippen LogP contribution in [0.4, 0.5) is 0 Å². The fraction of sp³-hybridized carbons (Fsp3) is 0.882. The van der Waals surface area contributed by atoms with Crippen LogP contribution < -0.4 is 0 Å². The van der Waals surface area contributed by atoms with Crippen molar-refractivity contribution in [3.63, 3.8) is 0 Å². The third-order valence-corrected chi connectivity index (χ3v) is 5.29. The van der Waals surface area contributed by atoms with Crippen molar-refractivity contribution in [1.29, 1.82) is 0 Å². The Labute approximate surface area is 127 Å². The standard InChI is InChI=1S/C17H29NO3/c1-2-10-17(16(20)21)11-7-12-18(17)15(19)13-14-8-5-3-4-6-9-14/h14H,2-13H2,1H3,(H,20,21). The Morgan fingerprint density at radius 1 is 1.14 bits per heavy atom. The van der Waals surface area contributed by atoms with Crippen molar-refractivity contribution < 1.29 is 14.7 Å². The van der Waals surface area contributed by atoms with Crippen molar-refractivity contribution in [3.8, 4) is 0 Å². The van der Waals surface area contributed by atoms with E-state index in [2.05, 4.69) is 0 Å². The molecule has 0 bridgehead atoms. The van der Waals surface area contributed by atoms with Crippen molar-refractivity contribution in [3.05, 3.63) is 0 Å². The Kier molecular flexibility index (Phi) is 5.65. The highest BCUT2D eigenvalue weighted by molar-refractivity contribution is 5.87. The van der Waals surface area contributed by atoms with Gasteiger partial charge in [-0.1, -0.05) is 39.0 Å². The zero-order valence-corrected chi connectivity index (χ0v) is 13.3. The average molecular weight is 295 g/mol. The summed E-state index contributed by atoms with van der Waals surface area (Å²) in [5.41, 5.74) is -0.920. The summed E-state index contributed by atoms with van der Waals surface area (Å²) in [5.74, 6) is -0.264. The zero-order valence-electron chi connectivity index (χ0n) is 13.3. The smallest absolute Gasteiger partial charge is 0.329 e. The van der Waals surface area contributed by atoms with Gasteiger partial charge in [-0.3, -0.25) is 4.79 Å². The first kappa shape index (κ1) is 16.3. The minimum atomic E-state index is -0.920. The van der Waals surface area contributed by atoms with Crippen molar-refractivity contribution in [2.75, 3.05) is 6.54 Å². The molecule has 4 nitrogen and oxygen atoms in total. The quantitative estimate of drug-likeness (QED) is 0.788. The summed E-state index contributed by atoms with van der Waals surface area (Å²) in [4.78, 5) is 26.2. The summed E-state index contributed by atoms with van der Waals surface area (Å²) in [6.45, 7) is 2.62. The lowest BCUT2D eigenvalue weighted by Crippen LogP contribution is -2.53. The van der Waals surface area contributed by atoms with Crippen LogP contribution in [0.2, 0.25) is 0 Å². The molecule has 1 unspecified atom stereocenters. The summed E-state index contributed by atoms with van der Waals surface area (Å²) in [7, 11) is 0. The van der Waals surface area contributed by atoms with Crippen molar-refractivity contribution in [2.24, 2.45) is 5.92 Å². The number of hydrogen-bond acceptors (Lipinski definition) is 2. The molecule has 0 radical (unpaired) electrons. The zero-order chi connectivity index (χ0) is 15.3. The number of amides is 1. The van der Waals surface area contributed by atoms with Gasteiger partial charge in [0.15, 0.2) is 0 Å². The minimum absolute atomic E-state index is 0.0789. The van der Waals surface area contributed by atoms with E-state index in [0.717, 1.165) is 25.7 Å². The van der Waals surface area contributed by atoms with Gasteiger partial charge < -0.3 is 10.0 Å². The molecule has 1 saturated carbocycles. The van der Waals surface area contributed by atoms with Gasteiger partial charge in [0, 0.05) is 13.0 Å². The van der Waals surface area contributed by atoms with Crippen LogP contribution >= 0.6 is 0 Å². The second kappa shape index (κ2) is 7.28. The lowest BCUT2D eigenvalue weighted by atomic mass is 9.89. The molecule has 21 heavy (non-hydrogen) atoms. The Morgan fingerprint density at radius 3 is 2.38 bits per heavy atom. The number of nitrogens with zero attached hydrogens (tertiary/aromatic N) is 1. The molecule has 2 rings (SSSR count). The van der Waals surface area contributed by atoms with Crippen LogP contribution in [-0.2, 0) is 9.59 Å². The lowest BCUT2D eigenvalue weighted by Gasteiger charge is -2.35. The van der Waals surface area contributed by atoms with E-state index in [1.807, 2.05) is 6.92 Å². The second-order valence-electron chi connectivity index (χ2n) is 6.80. The number of carbonyl (C=O) groups excluding carboxylic acids is 1. The maximum Gasteiger partial charge on any atom is 0.329 e. The highest BCUT2D eigenvalue weighted by atomic mass is 16.4. The first-order chi connectivity index (χ1) is 10.1. The van der Waals surface area contributed by atoms with Gasteiger partial charge in [-0.2, -0.15) is 0 Å². The number of carboxylic acids is 1. The fourth-order valence-corrected chi connectivity index (χ4v) is 4.17. The number of rotatable bonds is 5. The summed E-state index contributed by atoms with van der Waals surface area (Å²) in [6.07, 6.45) is 10.6. The van der Waals surface area contributed by atoms with E-state index in [1.54, 1.807) is 4.90 Å². The van der Waals surface area contributed by atoms with E-state index in [0.29, 0.717) is 31.7 Å². The summed E-state index contributed by atoms with van der Waals surface area (Å²) in [6, 6.07) is 0. The van der Waals surface area contributed by atoms with Gasteiger partial charge in [-0.25, -0.2) is 4.79 Å². The molecule has 2 aliphatic rings. The maximum absolute atomic E-state index is 12.7. The van der Waals surface area contributed by atoms with Gasteiger partial charge in [0.25, 0.3) is 0 Å². The third-order valence-electron chi connectivity index (χ3n) is 5.29. The summed E-state index contributed by atoms with van der Waals surface area (Å²) >= 11 is 0. The van der Waals surface area contributed by atoms with E-state index in [-0.39, 0.29) is 5.91 Å². The molecule has 1 amide bonds. The largest absolute Gasteiger partial charge is 0.479 e. The van der Waals surface area contributed by atoms with E-state index in [4.69, 9.17) is 0 Å². The molecule has 1 atom stereocenters. The first-order valence-corrected chi connectivity index (χ1v) is 8.64. The first-order valence-electron chi connectivity index (χ1n) is 8.64. The van der Waals surface area contributed by atoms with E-state index >= 15 is 0 Å². The topological polar surface area (TPSA) is 57.6 Å². The lowest BCUT2D eigenvalue weighted by molar-refractivity contribution is -0.157. The van der Waals surface area contributed by atoms with Crippen LogP contribution in [0.3, 0.4) is 0 Å². The van der Waals surface area contributed by atoms with Gasteiger partial charge in [0.2, 0.25) is 5.91 Å². The van der Waals surface area contributed by atoms with Crippen LogP contribution in [0.25, 0.3) is 0 Å². The molecule has 1 aliphatic carbocycles. The molecule has 0 aromatic heterocycles. The molecule has 1 aliphatic heterocycles. The molecule has 0 aromatic carbocycles. The molecule has 0 aromatic rings. The minimum Gasteiger partial charge on any atom is -0.479 e. The molecule has 1 saturated heterocycles. The van der Waals surface area contributed by atoms with Crippen molar-refractivity contribution in [1.82, 2.24) is 4.90 Å². The summed E-state index contributed by atoms with van der Waals surface area (Å²) in [5, 5.41) is 9.67. The Balaban J connectivity index is 2.03. The van der Waals surface area contributed by atoms with Gasteiger partial charge in [-0.05, 0) is 38.0 Å². The number of hydrogen-bond donors (Lipinski definition) is 1. The monoisotopic (exact) mass is 295 g/mol. The Bertz CT molecular complexity index is 374. The van der Waals surface area contributed by atoms with Crippen molar-refractivity contribution >= 4 is 11.9 Å². The molecule has 0 spiro atoms. The van der Waals surface area contributed by atoms with E-state index < -0.39 is 11.5 Å². The maximum atomic E-state index is 12.7. The fourth-order valence-electron chi connectivity index (χ4n) is 4.17. The number of carboxylic acid groups (broad SMARTS) is 1. The van der Waals surface area contributed by atoms with Crippen LogP contribution in [0, 0.1) is 5.92 Å². The van der Waals surface area contributed by atoms with Gasteiger partial charge in [0.1, 0.15) is 5.54 Å². The van der Waals surface area contributed by atoms with Crippen LogP contribution in [0.15, 0.2) is 0 Å². The highest BCUT2D eigenvalue weighted by Gasteiger charge is 2.49. The van der Waals surface area contributed by atoms with Gasteiger partial charge >= 0.3 is 5.97 Å². The predicted molar refractivity (Wildman–Crippen MR) is 82.0 cm³/mol. The number of likely N-dealkylation sites (tertiary alicyclic amines) is 1. The van der Waals surface area contributed by atoms with E-state index in [1.165, 1.54) is 25.7 Å². The molecular weight excluding hydrogens is 266 g/mol. The Hall–Kier alpha value is -1.06. The Morgan fingerprint density at radius 2 is 1.81 bits per heavy atom. The normalized spacial score (nSPS) is 27.6. The third kappa shape index (κ3) is 3.58. The van der Waals surface area contributed by atoms with Gasteiger partial charge in [0.05, 0.1) is 0 Å². The summed E-state index contributed by atoms with van der Waals surface area (Å²) < 4.78 is 0. The SMILES string of the molecule is CCCC1(C(=O)O)CCCN1C(=O)CC1CCCCCC1. The molecule has 4 heteroatoms. The highest BCUT2D eigenvalue weighted by Crippen LogP contribution is 2.36. The molecule has 2 fully saturated rings. The predicted octanol–water partition coefficient (Wildman–Crippen LogP) is 3.59. The van der Waals surface area contributed by atoms with Crippen molar-refractivity contribution in [2.45, 2.75) is 83.1 Å².